The fourth-order valence-corrected chi connectivity index (χ4v) is 1.79. The lowest BCUT2D eigenvalue weighted by molar-refractivity contribution is 0.641. The van der Waals surface area contributed by atoms with Gasteiger partial charge in [-0.15, -0.1) is 0 Å². The molecule has 0 aliphatic heterocycles. The molecule has 7 heteroatoms. The number of imidazole rings is 1. The topological polar surface area (TPSA) is 83.5 Å². The molecule has 0 aliphatic carbocycles. The van der Waals surface area contributed by atoms with Gasteiger partial charge < -0.3 is 4.57 Å². The van der Waals surface area contributed by atoms with Crippen molar-refractivity contribution in [3.63, 3.8) is 0 Å². The zero-order valence-electron chi connectivity index (χ0n) is 8.71. The van der Waals surface area contributed by atoms with Crippen LogP contribution in [0.1, 0.15) is 19.8 Å². The number of hydrogen-bond donors (Lipinski definition) is 2. The first-order chi connectivity index (χ1) is 7.63. The lowest BCUT2D eigenvalue weighted by Gasteiger charge is -2.02. The van der Waals surface area contributed by atoms with Crippen LogP contribution in [-0.4, -0.2) is 19.5 Å². The van der Waals surface area contributed by atoms with Gasteiger partial charge in [0.05, 0.1) is 0 Å². The van der Waals surface area contributed by atoms with Crippen LogP contribution in [0.4, 0.5) is 0 Å². The number of rotatable bonds is 3. The molecule has 86 valence electrons. The summed E-state index contributed by atoms with van der Waals surface area (Å²) in [5.41, 5.74) is -0.518. The van der Waals surface area contributed by atoms with E-state index in [1.807, 2.05) is 6.92 Å². The van der Waals surface area contributed by atoms with Crippen molar-refractivity contribution < 1.29 is 0 Å². The second-order valence-electron chi connectivity index (χ2n) is 3.49. The number of nitrogens with one attached hydrogen (secondary N) is 2. The Morgan fingerprint density at radius 3 is 2.81 bits per heavy atom. The van der Waals surface area contributed by atoms with Crippen molar-refractivity contribution >= 4 is 22.8 Å². The van der Waals surface area contributed by atoms with Crippen molar-refractivity contribution in [3.8, 4) is 0 Å². The van der Waals surface area contributed by atoms with Gasteiger partial charge in [0.2, 0.25) is 5.28 Å². The van der Waals surface area contributed by atoms with Crippen LogP contribution in [0.3, 0.4) is 0 Å². The molecule has 0 unspecified atom stereocenters. The summed E-state index contributed by atoms with van der Waals surface area (Å²) in [6.07, 6.45) is 1.89. The summed E-state index contributed by atoms with van der Waals surface area (Å²) in [6, 6.07) is 0. The molecule has 16 heavy (non-hydrogen) atoms. The van der Waals surface area contributed by atoms with Gasteiger partial charge in [-0.1, -0.05) is 13.3 Å². The Morgan fingerprint density at radius 2 is 2.12 bits per heavy atom. The van der Waals surface area contributed by atoms with Crippen molar-refractivity contribution in [1.82, 2.24) is 19.5 Å². The summed E-state index contributed by atoms with van der Waals surface area (Å²) in [7, 11) is 0. The molecule has 6 nitrogen and oxygen atoms in total. The standard InChI is InChI=1S/C9H11ClN4O2/c1-2-3-4-14-6-5(11-8(14)10)7(15)13-9(16)12-6/h2-4H2,1H3,(H2,12,13,15,16). The van der Waals surface area contributed by atoms with Crippen molar-refractivity contribution in [2.75, 3.05) is 0 Å². The number of aromatic nitrogens is 4. The molecule has 2 rings (SSSR count). The number of halogens is 1. The summed E-state index contributed by atoms with van der Waals surface area (Å²) < 4.78 is 1.64. The molecule has 2 N–H and O–H groups in total. The minimum absolute atomic E-state index is 0.167. The van der Waals surface area contributed by atoms with E-state index in [-0.39, 0.29) is 10.8 Å². The number of hydrogen-bond acceptors (Lipinski definition) is 3. The predicted molar refractivity (Wildman–Crippen MR) is 60.9 cm³/mol. The van der Waals surface area contributed by atoms with Gasteiger partial charge in [-0.3, -0.25) is 14.8 Å². The summed E-state index contributed by atoms with van der Waals surface area (Å²) in [6.45, 7) is 2.67. The molecule has 0 atom stereocenters. The predicted octanol–water partition coefficient (Wildman–Crippen LogP) is 0.866. The zero-order chi connectivity index (χ0) is 11.7. The first-order valence-electron chi connectivity index (χ1n) is 5.01. The molecule has 2 aromatic rings. The highest BCUT2D eigenvalue weighted by Gasteiger charge is 2.12. The number of aromatic amines is 2. The fourth-order valence-electron chi connectivity index (χ4n) is 1.53. The minimum atomic E-state index is -0.549. The zero-order valence-corrected chi connectivity index (χ0v) is 9.47. The quantitative estimate of drug-likeness (QED) is 0.784. The molecular weight excluding hydrogens is 232 g/mol. The van der Waals surface area contributed by atoms with Gasteiger partial charge in [0.25, 0.3) is 5.56 Å². The molecule has 2 aromatic heterocycles. The van der Waals surface area contributed by atoms with E-state index in [2.05, 4.69) is 15.0 Å². The smallest absolute Gasteiger partial charge is 0.301 e. The fraction of sp³-hybridized carbons (Fsp3) is 0.444. The lowest BCUT2D eigenvalue weighted by Crippen LogP contribution is -2.22. The third-order valence-corrected chi connectivity index (χ3v) is 2.62. The van der Waals surface area contributed by atoms with E-state index in [1.165, 1.54) is 0 Å². The maximum atomic E-state index is 11.4. The van der Waals surface area contributed by atoms with Crippen LogP contribution in [0.15, 0.2) is 9.59 Å². The van der Waals surface area contributed by atoms with Crippen LogP contribution in [-0.2, 0) is 6.54 Å². The molecule has 0 aromatic carbocycles. The summed E-state index contributed by atoms with van der Waals surface area (Å²) >= 11 is 5.90. The van der Waals surface area contributed by atoms with Crippen LogP contribution in [0, 0.1) is 0 Å². The molecule has 0 bridgehead atoms. The Morgan fingerprint density at radius 1 is 1.38 bits per heavy atom. The molecule has 2 heterocycles. The summed E-state index contributed by atoms with van der Waals surface area (Å²) in [5, 5.41) is 0.218. The van der Waals surface area contributed by atoms with E-state index in [9.17, 15) is 9.59 Å². The van der Waals surface area contributed by atoms with E-state index in [1.54, 1.807) is 4.57 Å². The van der Waals surface area contributed by atoms with Crippen LogP contribution < -0.4 is 11.2 Å². The number of unbranched alkanes of at least 4 members (excludes halogenated alkanes) is 1. The van der Waals surface area contributed by atoms with E-state index >= 15 is 0 Å². The molecular formula is C9H11ClN4O2. The van der Waals surface area contributed by atoms with Crippen LogP contribution in [0.25, 0.3) is 11.2 Å². The van der Waals surface area contributed by atoms with Crippen LogP contribution >= 0.6 is 11.6 Å². The number of H-pyrrole nitrogens is 2. The van der Waals surface area contributed by atoms with Crippen molar-refractivity contribution in [1.29, 1.82) is 0 Å². The molecule has 0 radical (unpaired) electrons. The number of aryl methyl sites for hydroxylation is 1. The second-order valence-corrected chi connectivity index (χ2v) is 3.83. The van der Waals surface area contributed by atoms with Gasteiger partial charge in [0.1, 0.15) is 5.65 Å². The van der Waals surface area contributed by atoms with E-state index in [0.29, 0.717) is 12.2 Å². The van der Waals surface area contributed by atoms with Crippen molar-refractivity contribution in [2.24, 2.45) is 0 Å². The Hall–Kier alpha value is -1.56. The minimum Gasteiger partial charge on any atom is -0.301 e. The van der Waals surface area contributed by atoms with Gasteiger partial charge in [-0.2, -0.15) is 0 Å². The van der Waals surface area contributed by atoms with Gasteiger partial charge in [-0.25, -0.2) is 9.78 Å². The molecule has 0 saturated carbocycles. The highest BCUT2D eigenvalue weighted by atomic mass is 35.5. The second kappa shape index (κ2) is 4.13. The average Bonchev–Trinajstić information content (AvgIpc) is 2.53. The van der Waals surface area contributed by atoms with Gasteiger partial charge in [0, 0.05) is 6.54 Å². The van der Waals surface area contributed by atoms with E-state index < -0.39 is 11.2 Å². The van der Waals surface area contributed by atoms with Crippen LogP contribution in [0.2, 0.25) is 5.28 Å². The molecule has 0 spiro atoms. The Bertz CT molecular complexity index is 624. The normalized spacial score (nSPS) is 11.1. The Kier molecular flexibility index (Phi) is 2.82. The Balaban J connectivity index is 2.68. The lowest BCUT2D eigenvalue weighted by atomic mass is 10.3. The van der Waals surface area contributed by atoms with E-state index in [0.717, 1.165) is 12.8 Å². The van der Waals surface area contributed by atoms with Crippen molar-refractivity contribution in [3.05, 3.63) is 26.1 Å². The first-order valence-corrected chi connectivity index (χ1v) is 5.39. The van der Waals surface area contributed by atoms with Crippen molar-refractivity contribution in [2.45, 2.75) is 26.3 Å². The SMILES string of the molecule is CCCCn1c(Cl)nc2c(=O)[nH]c(=O)[nH]c21. The third-order valence-electron chi connectivity index (χ3n) is 2.33. The number of fused-ring (bicyclic) bond motifs is 1. The van der Waals surface area contributed by atoms with E-state index in [4.69, 9.17) is 11.6 Å². The number of nitrogens with zero attached hydrogens (tertiary/aromatic N) is 2. The maximum absolute atomic E-state index is 11.4. The first kappa shape index (κ1) is 10.9. The Labute approximate surface area is 95.3 Å². The largest absolute Gasteiger partial charge is 0.327 e. The molecule has 0 amide bonds. The van der Waals surface area contributed by atoms with Gasteiger partial charge in [-0.05, 0) is 18.0 Å². The molecule has 0 aliphatic rings. The summed E-state index contributed by atoms with van der Waals surface area (Å²) in [4.78, 5) is 31.1. The molecule has 0 fully saturated rings. The van der Waals surface area contributed by atoms with Gasteiger partial charge >= 0.3 is 5.69 Å². The molecule has 0 saturated heterocycles. The maximum Gasteiger partial charge on any atom is 0.327 e. The highest BCUT2D eigenvalue weighted by Crippen LogP contribution is 2.14. The summed E-state index contributed by atoms with van der Waals surface area (Å²) in [5.74, 6) is 0. The highest BCUT2D eigenvalue weighted by molar-refractivity contribution is 6.29. The average molecular weight is 243 g/mol. The monoisotopic (exact) mass is 242 g/mol. The third kappa shape index (κ3) is 1.76. The van der Waals surface area contributed by atoms with Crippen LogP contribution in [0.5, 0.6) is 0 Å². The van der Waals surface area contributed by atoms with Gasteiger partial charge in [0.15, 0.2) is 5.52 Å².